The van der Waals surface area contributed by atoms with Crippen molar-refractivity contribution in [3.05, 3.63) is 48.0 Å². The molecule has 0 aliphatic carbocycles. The van der Waals surface area contributed by atoms with Gasteiger partial charge in [0.25, 0.3) is 0 Å². The highest BCUT2D eigenvalue weighted by molar-refractivity contribution is 7.90. The molecule has 10 heteroatoms. The molecule has 0 bridgehead atoms. The molecule has 2 aromatic heterocycles. The summed E-state index contributed by atoms with van der Waals surface area (Å²) in [6.45, 7) is 3.91. The van der Waals surface area contributed by atoms with Crippen LogP contribution in [0.5, 0.6) is 5.75 Å². The van der Waals surface area contributed by atoms with Gasteiger partial charge < -0.3 is 14.4 Å². The van der Waals surface area contributed by atoms with Crippen molar-refractivity contribution in [1.82, 2.24) is 14.9 Å². The number of carbonyl (C=O) groups excluding carboxylic acids is 1. The monoisotopic (exact) mass is 513 g/mol. The minimum atomic E-state index is -3.45. The van der Waals surface area contributed by atoms with Crippen LogP contribution in [0.15, 0.2) is 41.7 Å². The predicted molar refractivity (Wildman–Crippen MR) is 132 cm³/mol. The first-order chi connectivity index (χ1) is 17.2. The van der Waals surface area contributed by atoms with E-state index in [-0.39, 0.29) is 28.7 Å². The first-order valence-electron chi connectivity index (χ1n) is 12.0. The molecule has 0 saturated carbocycles. The summed E-state index contributed by atoms with van der Waals surface area (Å²) in [5.74, 6) is -0.326. The third kappa shape index (κ3) is 4.92. The minimum absolute atomic E-state index is 0.0188. The Hall–Kier alpha value is -3.11. The fraction of sp³-hybridized carbons (Fsp3) is 0.423. The maximum atomic E-state index is 15.0. The van der Waals surface area contributed by atoms with Gasteiger partial charge in [-0.2, -0.15) is 0 Å². The van der Waals surface area contributed by atoms with Crippen LogP contribution in [0.4, 0.5) is 4.39 Å². The molecule has 1 aromatic carbocycles. The number of rotatable bonds is 5. The molecule has 1 unspecified atom stereocenters. The molecule has 0 N–H and O–H groups in total. The van der Waals surface area contributed by atoms with Gasteiger partial charge in [0.15, 0.2) is 26.4 Å². The zero-order valence-corrected chi connectivity index (χ0v) is 21.1. The van der Waals surface area contributed by atoms with Gasteiger partial charge in [-0.3, -0.25) is 9.78 Å². The van der Waals surface area contributed by atoms with E-state index in [2.05, 4.69) is 9.97 Å². The van der Waals surface area contributed by atoms with Crippen molar-refractivity contribution in [3.8, 4) is 16.9 Å². The fourth-order valence-corrected chi connectivity index (χ4v) is 5.88. The number of halogens is 1. The van der Waals surface area contributed by atoms with E-state index < -0.39 is 15.7 Å². The molecule has 2 fully saturated rings. The fourth-order valence-electron chi connectivity index (χ4n) is 4.99. The molecule has 3 aromatic rings. The van der Waals surface area contributed by atoms with Crippen molar-refractivity contribution in [1.29, 1.82) is 0 Å². The molecule has 8 nitrogen and oxygen atoms in total. The van der Waals surface area contributed by atoms with Gasteiger partial charge in [0.05, 0.1) is 12.1 Å². The molecule has 36 heavy (non-hydrogen) atoms. The summed E-state index contributed by atoms with van der Waals surface area (Å²) >= 11 is 0. The van der Waals surface area contributed by atoms with Crippen LogP contribution in [0.2, 0.25) is 0 Å². The zero-order valence-electron chi connectivity index (χ0n) is 20.2. The van der Waals surface area contributed by atoms with E-state index in [1.807, 2.05) is 4.90 Å². The Morgan fingerprint density at radius 1 is 1.17 bits per heavy atom. The lowest BCUT2D eigenvalue weighted by Crippen LogP contribution is -2.38. The standard InChI is InChI=1S/C26H28FN3O5S/c1-16-11-18(14-29-25(16)36(2,32)33)20-3-7-28-23-13-22(27)24(12-21(20)23)35-19-4-8-30(15-19)26(31)17-5-9-34-10-6-17/h3,7,11-14,17,19H,4-6,8-10,15H2,1-2H3. The number of ether oxygens (including phenoxy) is 2. The molecular weight excluding hydrogens is 485 g/mol. The molecule has 0 spiro atoms. The summed E-state index contributed by atoms with van der Waals surface area (Å²) in [5, 5.41) is 0.691. The Morgan fingerprint density at radius 3 is 2.67 bits per heavy atom. The van der Waals surface area contributed by atoms with Crippen molar-refractivity contribution in [2.24, 2.45) is 5.92 Å². The van der Waals surface area contributed by atoms with E-state index >= 15 is 0 Å². The predicted octanol–water partition coefficient (Wildman–Crippen LogP) is 3.55. The third-order valence-electron chi connectivity index (χ3n) is 6.81. The van der Waals surface area contributed by atoms with E-state index in [1.165, 1.54) is 12.3 Å². The van der Waals surface area contributed by atoms with Crippen molar-refractivity contribution in [2.45, 2.75) is 37.3 Å². The summed E-state index contributed by atoms with van der Waals surface area (Å²) < 4.78 is 50.3. The molecule has 2 saturated heterocycles. The summed E-state index contributed by atoms with van der Waals surface area (Å²) in [4.78, 5) is 23.1. The van der Waals surface area contributed by atoms with Gasteiger partial charge in [-0.05, 0) is 49.1 Å². The number of aromatic nitrogens is 2. The van der Waals surface area contributed by atoms with Crippen LogP contribution >= 0.6 is 0 Å². The van der Waals surface area contributed by atoms with Crippen LogP contribution in [-0.2, 0) is 19.4 Å². The molecule has 5 rings (SSSR count). The number of carbonyl (C=O) groups is 1. The highest BCUT2D eigenvalue weighted by atomic mass is 32.2. The van der Waals surface area contributed by atoms with Crippen molar-refractivity contribution in [2.75, 3.05) is 32.6 Å². The smallest absolute Gasteiger partial charge is 0.225 e. The van der Waals surface area contributed by atoms with Crippen LogP contribution in [0.1, 0.15) is 24.8 Å². The first-order valence-corrected chi connectivity index (χ1v) is 13.9. The molecule has 2 aliphatic rings. The molecule has 4 heterocycles. The number of hydrogen-bond donors (Lipinski definition) is 0. The van der Waals surface area contributed by atoms with E-state index in [1.54, 1.807) is 31.3 Å². The van der Waals surface area contributed by atoms with Gasteiger partial charge in [0.1, 0.15) is 6.10 Å². The van der Waals surface area contributed by atoms with E-state index in [4.69, 9.17) is 9.47 Å². The van der Waals surface area contributed by atoms with E-state index in [0.717, 1.165) is 24.7 Å². The SMILES string of the molecule is Cc1cc(-c2ccnc3cc(F)c(OC4CCN(C(=O)C5CCOCC5)C4)cc23)cnc1S(C)(=O)=O. The lowest BCUT2D eigenvalue weighted by atomic mass is 9.99. The molecule has 0 radical (unpaired) electrons. The molecule has 1 atom stereocenters. The Kier molecular flexibility index (Phi) is 6.65. The Bertz CT molecular complexity index is 1420. The average molecular weight is 514 g/mol. The second-order valence-corrected chi connectivity index (χ2v) is 11.4. The number of benzene rings is 1. The van der Waals surface area contributed by atoms with Crippen LogP contribution in [0, 0.1) is 18.7 Å². The Balaban J connectivity index is 1.40. The minimum Gasteiger partial charge on any atom is -0.485 e. The summed E-state index contributed by atoms with van der Waals surface area (Å²) in [5.41, 5.74) is 2.41. The normalized spacial score (nSPS) is 19.1. The van der Waals surface area contributed by atoms with Crippen molar-refractivity contribution < 1.29 is 27.1 Å². The lowest BCUT2D eigenvalue weighted by molar-refractivity contribution is -0.137. The molecule has 2 aliphatic heterocycles. The Morgan fingerprint density at radius 2 is 1.94 bits per heavy atom. The molecule has 1 amide bonds. The maximum absolute atomic E-state index is 15.0. The van der Waals surface area contributed by atoms with E-state index in [9.17, 15) is 17.6 Å². The van der Waals surface area contributed by atoms with Crippen molar-refractivity contribution >= 4 is 26.6 Å². The van der Waals surface area contributed by atoms with E-state index in [0.29, 0.717) is 54.8 Å². The highest BCUT2D eigenvalue weighted by Crippen LogP contribution is 2.34. The summed E-state index contributed by atoms with van der Waals surface area (Å²) in [7, 11) is -3.45. The first kappa shape index (κ1) is 24.6. The zero-order chi connectivity index (χ0) is 25.4. The summed E-state index contributed by atoms with van der Waals surface area (Å²) in [6.07, 6.45) is 5.98. The van der Waals surface area contributed by atoms with Gasteiger partial charge in [-0.15, -0.1) is 0 Å². The number of amides is 1. The topological polar surface area (TPSA) is 98.7 Å². The maximum Gasteiger partial charge on any atom is 0.225 e. The molecular formula is C26H28FN3O5S. The lowest BCUT2D eigenvalue weighted by Gasteiger charge is -2.26. The third-order valence-corrected chi connectivity index (χ3v) is 7.94. The van der Waals surface area contributed by atoms with Gasteiger partial charge in [-0.1, -0.05) is 0 Å². The molecule has 190 valence electrons. The van der Waals surface area contributed by atoms with Crippen molar-refractivity contribution in [3.63, 3.8) is 0 Å². The number of sulfone groups is 1. The quantitative estimate of drug-likeness (QED) is 0.515. The largest absolute Gasteiger partial charge is 0.485 e. The van der Waals surface area contributed by atoms with Gasteiger partial charge in [0, 0.05) is 67.8 Å². The number of hydrogen-bond acceptors (Lipinski definition) is 7. The van der Waals surface area contributed by atoms with Gasteiger partial charge in [-0.25, -0.2) is 17.8 Å². The Labute approximate surface area is 209 Å². The second kappa shape index (κ2) is 9.74. The van der Waals surface area contributed by atoms with Crippen LogP contribution in [-0.4, -0.2) is 67.9 Å². The number of fused-ring (bicyclic) bond motifs is 1. The van der Waals surface area contributed by atoms with Crippen LogP contribution in [0.3, 0.4) is 0 Å². The number of aryl methyl sites for hydroxylation is 1. The van der Waals surface area contributed by atoms with Gasteiger partial charge in [0.2, 0.25) is 5.91 Å². The van der Waals surface area contributed by atoms with Crippen LogP contribution in [0.25, 0.3) is 22.0 Å². The summed E-state index contributed by atoms with van der Waals surface area (Å²) in [6, 6.07) is 6.48. The number of pyridine rings is 2. The highest BCUT2D eigenvalue weighted by Gasteiger charge is 2.33. The van der Waals surface area contributed by atoms with Crippen LogP contribution < -0.4 is 4.74 Å². The second-order valence-electron chi connectivity index (χ2n) is 9.48. The van der Waals surface area contributed by atoms with Gasteiger partial charge >= 0.3 is 0 Å². The average Bonchev–Trinajstić information content (AvgIpc) is 3.32. The number of nitrogens with zero attached hydrogens (tertiary/aromatic N) is 3. The number of likely N-dealkylation sites (tertiary alicyclic amines) is 1.